The molecular formula is C10H17N3O9S2. The minimum absolute atomic E-state index is 0.0385. The molecule has 0 aliphatic heterocycles. The molecule has 0 aliphatic rings. The summed E-state index contributed by atoms with van der Waals surface area (Å²) in [6.45, 7) is -0.758. The molecule has 0 radical (unpaired) electrons. The second-order valence-corrected chi connectivity index (χ2v) is 7.82. The van der Waals surface area contributed by atoms with E-state index in [4.69, 9.17) is 20.5 Å². The molecule has 0 aliphatic carbocycles. The van der Waals surface area contributed by atoms with Crippen molar-refractivity contribution >= 4 is 43.7 Å². The highest BCUT2D eigenvalue weighted by atomic mass is 33.1. The third-order valence-electron chi connectivity index (χ3n) is 2.45. The first-order chi connectivity index (χ1) is 10.9. The minimum Gasteiger partial charge on any atom is -0.480 e. The summed E-state index contributed by atoms with van der Waals surface area (Å²) in [7, 11) is -4.52. The van der Waals surface area contributed by atoms with E-state index in [1.807, 2.05) is 5.32 Å². The molecule has 24 heavy (non-hydrogen) atoms. The SMILES string of the molecule is N[C@@H](CCC(=O)NC(CSS(=O)(=O)O)C(=O)NCC(=O)O)C(=O)O. The van der Waals surface area contributed by atoms with Gasteiger partial charge in [-0.1, -0.05) is 0 Å². The molecule has 0 bridgehead atoms. The van der Waals surface area contributed by atoms with Gasteiger partial charge in [0.05, 0.1) is 0 Å². The number of carbonyl (C=O) groups excluding carboxylic acids is 2. The Bertz CT molecular complexity index is 592. The number of amides is 2. The van der Waals surface area contributed by atoms with E-state index in [1.54, 1.807) is 0 Å². The maximum Gasteiger partial charge on any atom is 0.322 e. The summed E-state index contributed by atoms with van der Waals surface area (Å²) in [6.07, 6.45) is -0.581. The predicted octanol–water partition coefficient (Wildman–Crippen LogP) is -2.60. The lowest BCUT2D eigenvalue weighted by molar-refractivity contribution is -0.139. The van der Waals surface area contributed by atoms with Crippen molar-refractivity contribution in [1.29, 1.82) is 0 Å². The quantitative estimate of drug-likeness (QED) is 0.160. The summed E-state index contributed by atoms with van der Waals surface area (Å²) in [5.74, 6) is -5.03. The molecule has 1 unspecified atom stereocenters. The fourth-order valence-corrected chi connectivity index (χ4v) is 2.77. The maximum absolute atomic E-state index is 11.7. The van der Waals surface area contributed by atoms with Gasteiger partial charge in [0.25, 0.3) is 0 Å². The van der Waals surface area contributed by atoms with Crippen LogP contribution in [0.4, 0.5) is 0 Å². The topological polar surface area (TPSA) is 213 Å². The Morgan fingerprint density at radius 1 is 1.17 bits per heavy atom. The van der Waals surface area contributed by atoms with E-state index >= 15 is 0 Å². The number of hydrogen-bond donors (Lipinski definition) is 6. The number of hydrogen-bond acceptors (Lipinski definition) is 8. The van der Waals surface area contributed by atoms with Crippen molar-refractivity contribution in [2.45, 2.75) is 24.9 Å². The summed E-state index contributed by atoms with van der Waals surface area (Å²) in [6, 6.07) is -2.74. The summed E-state index contributed by atoms with van der Waals surface area (Å²) >= 11 is 0. The van der Waals surface area contributed by atoms with Gasteiger partial charge in [0.1, 0.15) is 18.6 Å². The molecule has 0 saturated carbocycles. The average molecular weight is 387 g/mol. The Labute approximate surface area is 140 Å². The lowest BCUT2D eigenvalue weighted by Gasteiger charge is -2.17. The molecule has 0 aromatic rings. The van der Waals surface area contributed by atoms with E-state index in [9.17, 15) is 27.6 Å². The molecule has 138 valence electrons. The third kappa shape index (κ3) is 10.8. The Morgan fingerprint density at radius 3 is 2.21 bits per heavy atom. The highest BCUT2D eigenvalue weighted by Crippen LogP contribution is 2.11. The van der Waals surface area contributed by atoms with Crippen LogP contribution in [-0.4, -0.2) is 71.3 Å². The van der Waals surface area contributed by atoms with Gasteiger partial charge in [0.15, 0.2) is 0 Å². The molecule has 12 nitrogen and oxygen atoms in total. The van der Waals surface area contributed by atoms with Crippen molar-refractivity contribution in [2.24, 2.45) is 5.73 Å². The molecule has 2 atom stereocenters. The van der Waals surface area contributed by atoms with E-state index in [0.717, 1.165) is 0 Å². The van der Waals surface area contributed by atoms with Crippen LogP contribution < -0.4 is 16.4 Å². The van der Waals surface area contributed by atoms with Gasteiger partial charge >= 0.3 is 21.1 Å². The Balaban J connectivity index is 4.72. The molecule has 0 fully saturated rings. The monoisotopic (exact) mass is 387 g/mol. The first-order valence-electron chi connectivity index (χ1n) is 6.31. The third-order valence-corrected chi connectivity index (χ3v) is 4.52. The molecule has 0 heterocycles. The van der Waals surface area contributed by atoms with Gasteiger partial charge in [0, 0.05) is 12.2 Å². The average Bonchev–Trinajstić information content (AvgIpc) is 2.45. The zero-order valence-electron chi connectivity index (χ0n) is 12.2. The van der Waals surface area contributed by atoms with Gasteiger partial charge in [-0.2, -0.15) is 8.42 Å². The Hall–Kier alpha value is -1.90. The minimum atomic E-state index is -4.49. The fraction of sp³-hybridized carbons (Fsp3) is 0.600. The van der Waals surface area contributed by atoms with Crippen LogP contribution in [0.25, 0.3) is 0 Å². The van der Waals surface area contributed by atoms with Gasteiger partial charge in [-0.25, -0.2) is 0 Å². The highest BCUT2D eigenvalue weighted by molar-refractivity contribution is 8.69. The first kappa shape index (κ1) is 22.1. The number of nitrogens with one attached hydrogen (secondary N) is 2. The lowest BCUT2D eigenvalue weighted by atomic mass is 10.1. The van der Waals surface area contributed by atoms with Crippen molar-refractivity contribution in [1.82, 2.24) is 10.6 Å². The van der Waals surface area contributed by atoms with Gasteiger partial charge in [-0.3, -0.25) is 23.7 Å². The van der Waals surface area contributed by atoms with Gasteiger partial charge in [0.2, 0.25) is 11.8 Å². The number of nitrogens with two attached hydrogens (primary N) is 1. The molecular weight excluding hydrogens is 370 g/mol. The summed E-state index contributed by atoms with van der Waals surface area (Å²) in [5.41, 5.74) is 5.21. The van der Waals surface area contributed by atoms with Crippen LogP contribution in [-0.2, 0) is 28.3 Å². The van der Waals surface area contributed by atoms with Gasteiger partial charge in [-0.05, 0) is 17.2 Å². The van der Waals surface area contributed by atoms with Crippen LogP contribution in [0.15, 0.2) is 0 Å². The molecule has 2 amide bonds. The van der Waals surface area contributed by atoms with Gasteiger partial charge in [-0.15, -0.1) is 0 Å². The molecule has 0 aromatic heterocycles. The number of carbonyl (C=O) groups is 4. The van der Waals surface area contributed by atoms with Crippen LogP contribution >= 0.6 is 10.8 Å². The Kier molecular flexibility index (Phi) is 9.27. The van der Waals surface area contributed by atoms with Crippen molar-refractivity contribution < 1.29 is 42.4 Å². The standard InChI is InChI=1S/C10H17N3O9S2/c11-5(10(18)19)1-2-7(14)13-6(4-23-24(20,21)22)9(17)12-3-8(15)16/h5-6H,1-4,11H2,(H,12,17)(H,13,14)(H,15,16)(H,18,19)(H,20,21,22)/t5-,6?/m0/s1. The molecule has 0 aromatic carbocycles. The molecule has 0 saturated heterocycles. The van der Waals surface area contributed by atoms with Crippen LogP contribution in [0.2, 0.25) is 0 Å². The van der Waals surface area contributed by atoms with Crippen molar-refractivity contribution in [3.63, 3.8) is 0 Å². The number of aliphatic carboxylic acids is 2. The second kappa shape index (κ2) is 10.1. The second-order valence-electron chi connectivity index (χ2n) is 4.43. The summed E-state index contributed by atoms with van der Waals surface area (Å²) < 4.78 is 30.0. The Morgan fingerprint density at radius 2 is 1.75 bits per heavy atom. The normalized spacial score (nSPS) is 13.6. The highest BCUT2D eigenvalue weighted by Gasteiger charge is 2.24. The van der Waals surface area contributed by atoms with Gasteiger partial charge < -0.3 is 26.6 Å². The lowest BCUT2D eigenvalue weighted by Crippen LogP contribution is -2.49. The van der Waals surface area contributed by atoms with Crippen LogP contribution in [0, 0.1) is 0 Å². The zero-order valence-corrected chi connectivity index (χ0v) is 13.8. The molecule has 14 heteroatoms. The number of carboxylic acids is 2. The fourth-order valence-electron chi connectivity index (χ4n) is 1.30. The summed E-state index contributed by atoms with van der Waals surface area (Å²) in [4.78, 5) is 44.3. The molecule has 7 N–H and O–H groups in total. The first-order valence-corrected chi connectivity index (χ1v) is 9.25. The van der Waals surface area contributed by atoms with E-state index in [-0.39, 0.29) is 23.6 Å². The van der Waals surface area contributed by atoms with E-state index < -0.39 is 57.3 Å². The van der Waals surface area contributed by atoms with E-state index in [2.05, 4.69) is 5.32 Å². The van der Waals surface area contributed by atoms with E-state index in [1.165, 1.54) is 0 Å². The zero-order chi connectivity index (χ0) is 18.9. The van der Waals surface area contributed by atoms with Crippen molar-refractivity contribution in [3.05, 3.63) is 0 Å². The number of rotatable bonds is 11. The molecule has 0 spiro atoms. The predicted molar refractivity (Wildman–Crippen MR) is 81.4 cm³/mol. The van der Waals surface area contributed by atoms with Crippen LogP contribution in [0.5, 0.6) is 0 Å². The molecule has 0 rings (SSSR count). The maximum atomic E-state index is 11.7. The number of carboxylic acid groups (broad SMARTS) is 2. The van der Waals surface area contributed by atoms with Crippen LogP contribution in [0.1, 0.15) is 12.8 Å². The smallest absolute Gasteiger partial charge is 0.322 e. The van der Waals surface area contributed by atoms with Crippen molar-refractivity contribution in [3.8, 4) is 0 Å². The summed E-state index contributed by atoms with van der Waals surface area (Å²) in [5, 5.41) is 21.1. The largest absolute Gasteiger partial charge is 0.480 e. The van der Waals surface area contributed by atoms with E-state index in [0.29, 0.717) is 0 Å². The van der Waals surface area contributed by atoms with Crippen molar-refractivity contribution in [2.75, 3.05) is 12.3 Å². The van der Waals surface area contributed by atoms with Crippen LogP contribution in [0.3, 0.4) is 0 Å².